The molecule has 5 heteroatoms. The molecule has 0 spiro atoms. The number of hydrogen-bond acceptors (Lipinski definition) is 2. The molecule has 2 aromatic carbocycles. The topological polar surface area (TPSA) is 65.2 Å². The van der Waals surface area contributed by atoms with Crippen molar-refractivity contribution in [3.63, 3.8) is 0 Å². The molecule has 0 saturated heterocycles. The molecule has 2 amide bonds. The summed E-state index contributed by atoms with van der Waals surface area (Å²) in [6, 6.07) is 15.5. The van der Waals surface area contributed by atoms with Crippen LogP contribution in [0.4, 0.5) is 5.69 Å². The molecule has 1 heterocycles. The molecule has 3 aromatic rings. The molecular weight excluding hydrogens is 338 g/mol. The number of anilines is 1. The number of benzene rings is 2. The van der Waals surface area contributed by atoms with Gasteiger partial charge in [-0.15, -0.1) is 0 Å². The van der Waals surface area contributed by atoms with E-state index in [1.54, 1.807) is 13.2 Å². The monoisotopic (exact) mass is 363 g/mol. The fraction of sp³-hybridized carbons (Fsp3) is 0.273. The zero-order valence-corrected chi connectivity index (χ0v) is 15.8. The molecule has 0 aliphatic carbocycles. The number of fused-ring (bicyclic) bond motifs is 1. The van der Waals surface area contributed by atoms with E-state index in [1.807, 2.05) is 48.5 Å². The summed E-state index contributed by atoms with van der Waals surface area (Å²) in [6.45, 7) is 2.17. The number of nitrogens with zero attached hydrogens (tertiary/aromatic N) is 1. The third kappa shape index (κ3) is 4.56. The number of hydrogen-bond donors (Lipinski definition) is 2. The number of aromatic nitrogens is 1. The number of aromatic amines is 1. The molecular formula is C22H25N3O2. The molecule has 2 N–H and O–H groups in total. The summed E-state index contributed by atoms with van der Waals surface area (Å²) >= 11 is 0. The number of aryl methyl sites for hydroxylation is 1. The Hall–Kier alpha value is -3.08. The second-order valence-corrected chi connectivity index (χ2v) is 6.76. The second-order valence-electron chi connectivity index (χ2n) is 6.76. The number of unbranched alkanes of at least 4 members (excludes halogenated alkanes) is 1. The molecule has 0 radical (unpaired) electrons. The summed E-state index contributed by atoms with van der Waals surface area (Å²) in [5.41, 5.74) is 3.48. The van der Waals surface area contributed by atoms with E-state index in [0.29, 0.717) is 5.56 Å². The van der Waals surface area contributed by atoms with Gasteiger partial charge < -0.3 is 15.2 Å². The predicted molar refractivity (Wildman–Crippen MR) is 109 cm³/mol. The van der Waals surface area contributed by atoms with Gasteiger partial charge in [0.15, 0.2) is 0 Å². The molecule has 0 bridgehead atoms. The number of amides is 2. The summed E-state index contributed by atoms with van der Waals surface area (Å²) in [5.74, 6) is -0.399. The molecule has 0 unspecified atom stereocenters. The first-order valence-electron chi connectivity index (χ1n) is 9.29. The van der Waals surface area contributed by atoms with Crippen molar-refractivity contribution >= 4 is 28.4 Å². The quantitative estimate of drug-likeness (QED) is 0.660. The molecule has 0 saturated carbocycles. The van der Waals surface area contributed by atoms with E-state index in [-0.39, 0.29) is 18.4 Å². The van der Waals surface area contributed by atoms with E-state index < -0.39 is 0 Å². The average Bonchev–Trinajstić information content (AvgIpc) is 3.11. The first kappa shape index (κ1) is 18.7. The lowest BCUT2D eigenvalue weighted by molar-refractivity contribution is -0.116. The van der Waals surface area contributed by atoms with Crippen molar-refractivity contribution in [2.75, 3.05) is 18.9 Å². The number of rotatable bonds is 7. The van der Waals surface area contributed by atoms with Crippen LogP contribution >= 0.6 is 0 Å². The molecule has 0 aliphatic rings. The highest BCUT2D eigenvalue weighted by molar-refractivity contribution is 6.08. The third-order valence-corrected chi connectivity index (χ3v) is 4.60. The van der Waals surface area contributed by atoms with E-state index in [0.717, 1.165) is 35.9 Å². The minimum atomic E-state index is -0.216. The molecule has 1 aromatic heterocycles. The van der Waals surface area contributed by atoms with E-state index in [1.165, 1.54) is 10.5 Å². The maximum Gasteiger partial charge on any atom is 0.256 e. The smallest absolute Gasteiger partial charge is 0.256 e. The van der Waals surface area contributed by atoms with Gasteiger partial charge in [0.2, 0.25) is 5.91 Å². The predicted octanol–water partition coefficient (Wildman–Crippen LogP) is 4.22. The van der Waals surface area contributed by atoms with Crippen LogP contribution in [0.25, 0.3) is 10.9 Å². The van der Waals surface area contributed by atoms with Gasteiger partial charge in [0.25, 0.3) is 5.91 Å². The number of carbonyl (C=O) groups is 2. The van der Waals surface area contributed by atoms with Crippen molar-refractivity contribution in [1.29, 1.82) is 0 Å². The Labute approximate surface area is 159 Å². The minimum Gasteiger partial charge on any atom is -0.360 e. The molecule has 0 atom stereocenters. The molecule has 140 valence electrons. The highest BCUT2D eigenvalue weighted by Crippen LogP contribution is 2.19. The molecule has 5 nitrogen and oxygen atoms in total. The summed E-state index contributed by atoms with van der Waals surface area (Å²) in [6.07, 6.45) is 5.06. The Morgan fingerprint density at radius 3 is 2.56 bits per heavy atom. The van der Waals surface area contributed by atoms with Crippen LogP contribution in [0.5, 0.6) is 0 Å². The number of likely N-dealkylation sites (N-methyl/N-ethyl adjacent to an activating group) is 1. The van der Waals surface area contributed by atoms with Crippen LogP contribution in [0, 0.1) is 0 Å². The first-order valence-corrected chi connectivity index (χ1v) is 9.29. The number of nitrogens with one attached hydrogen (secondary N) is 2. The fourth-order valence-electron chi connectivity index (χ4n) is 3.08. The highest BCUT2D eigenvalue weighted by Gasteiger charge is 2.18. The molecule has 0 fully saturated rings. The van der Waals surface area contributed by atoms with Gasteiger partial charge in [0.05, 0.1) is 12.1 Å². The zero-order valence-electron chi connectivity index (χ0n) is 15.8. The van der Waals surface area contributed by atoms with Gasteiger partial charge in [-0.25, -0.2) is 0 Å². The lowest BCUT2D eigenvalue weighted by atomic mass is 10.1. The van der Waals surface area contributed by atoms with Gasteiger partial charge in [-0.3, -0.25) is 9.59 Å². The largest absolute Gasteiger partial charge is 0.360 e. The average molecular weight is 363 g/mol. The van der Waals surface area contributed by atoms with Gasteiger partial charge in [-0.1, -0.05) is 43.7 Å². The number of carbonyl (C=O) groups excluding carboxylic acids is 2. The van der Waals surface area contributed by atoms with Crippen LogP contribution in [-0.2, 0) is 11.2 Å². The maximum absolute atomic E-state index is 12.7. The first-order chi connectivity index (χ1) is 13.1. The van der Waals surface area contributed by atoms with E-state index >= 15 is 0 Å². The van der Waals surface area contributed by atoms with Crippen molar-refractivity contribution in [3.05, 3.63) is 65.9 Å². The Morgan fingerprint density at radius 1 is 1.07 bits per heavy atom. The summed E-state index contributed by atoms with van der Waals surface area (Å²) in [4.78, 5) is 29.5. The Balaban J connectivity index is 1.59. The lowest BCUT2D eigenvalue weighted by Gasteiger charge is -2.16. The van der Waals surface area contributed by atoms with Gasteiger partial charge >= 0.3 is 0 Å². The summed E-state index contributed by atoms with van der Waals surface area (Å²) in [5, 5.41) is 3.71. The van der Waals surface area contributed by atoms with Crippen LogP contribution in [0.1, 0.15) is 35.7 Å². The minimum absolute atomic E-state index is 0.00404. The molecule has 0 aliphatic heterocycles. The van der Waals surface area contributed by atoms with Gasteiger partial charge in [0.1, 0.15) is 0 Å². The van der Waals surface area contributed by atoms with E-state index in [2.05, 4.69) is 17.2 Å². The van der Waals surface area contributed by atoms with Crippen molar-refractivity contribution in [2.45, 2.75) is 26.2 Å². The fourth-order valence-corrected chi connectivity index (χ4v) is 3.08. The molecule has 3 rings (SSSR count). The zero-order chi connectivity index (χ0) is 19.2. The summed E-state index contributed by atoms with van der Waals surface area (Å²) in [7, 11) is 1.64. The van der Waals surface area contributed by atoms with Crippen LogP contribution < -0.4 is 5.32 Å². The van der Waals surface area contributed by atoms with Gasteiger partial charge in [-0.05, 0) is 36.6 Å². The SMILES string of the molecule is CCCCc1ccc(NC(=O)CN(C)C(=O)c2c[nH]c3ccccc23)cc1. The van der Waals surface area contributed by atoms with Crippen LogP contribution in [0.2, 0.25) is 0 Å². The normalized spacial score (nSPS) is 10.7. The van der Waals surface area contributed by atoms with Crippen LogP contribution in [-0.4, -0.2) is 35.3 Å². The van der Waals surface area contributed by atoms with Gasteiger partial charge in [0, 0.05) is 29.8 Å². The van der Waals surface area contributed by atoms with Crippen molar-refractivity contribution < 1.29 is 9.59 Å². The highest BCUT2D eigenvalue weighted by atomic mass is 16.2. The van der Waals surface area contributed by atoms with Crippen LogP contribution in [0.3, 0.4) is 0 Å². The Morgan fingerprint density at radius 2 is 1.81 bits per heavy atom. The third-order valence-electron chi connectivity index (χ3n) is 4.60. The van der Waals surface area contributed by atoms with Crippen molar-refractivity contribution in [1.82, 2.24) is 9.88 Å². The maximum atomic E-state index is 12.7. The van der Waals surface area contributed by atoms with E-state index in [4.69, 9.17) is 0 Å². The Kier molecular flexibility index (Phi) is 5.91. The standard InChI is InChI=1S/C22H25N3O2/c1-3-4-7-16-10-12-17(13-11-16)24-21(26)15-25(2)22(27)19-14-23-20-9-6-5-8-18(19)20/h5-6,8-14,23H,3-4,7,15H2,1-2H3,(H,24,26). The molecule has 27 heavy (non-hydrogen) atoms. The summed E-state index contributed by atoms with van der Waals surface area (Å²) < 4.78 is 0. The van der Waals surface area contributed by atoms with Crippen molar-refractivity contribution in [2.24, 2.45) is 0 Å². The number of H-pyrrole nitrogens is 1. The van der Waals surface area contributed by atoms with E-state index in [9.17, 15) is 9.59 Å². The lowest BCUT2D eigenvalue weighted by Crippen LogP contribution is -2.34. The number of para-hydroxylation sites is 1. The van der Waals surface area contributed by atoms with Crippen molar-refractivity contribution in [3.8, 4) is 0 Å². The van der Waals surface area contributed by atoms with Crippen LogP contribution in [0.15, 0.2) is 54.7 Å². The Bertz CT molecular complexity index is 928. The second kappa shape index (κ2) is 8.54. The van der Waals surface area contributed by atoms with Gasteiger partial charge in [-0.2, -0.15) is 0 Å².